The van der Waals surface area contributed by atoms with E-state index in [0.717, 1.165) is 32.4 Å². The molecule has 0 unspecified atom stereocenters. The highest BCUT2D eigenvalue weighted by molar-refractivity contribution is 5.78. The summed E-state index contributed by atoms with van der Waals surface area (Å²) in [6.07, 6.45) is 3.23. The van der Waals surface area contributed by atoms with E-state index in [4.69, 9.17) is 5.11 Å². The number of fused-ring (bicyclic) bond motifs is 2. The lowest BCUT2D eigenvalue weighted by molar-refractivity contribution is -0.136. The van der Waals surface area contributed by atoms with E-state index in [1.54, 1.807) is 0 Å². The minimum Gasteiger partial charge on any atom is -0.387 e. The molecule has 4 nitrogen and oxygen atoms in total. The Morgan fingerprint density at radius 3 is 2.92 bits per heavy atom. The second-order valence-electron chi connectivity index (χ2n) is 3.84. The van der Waals surface area contributed by atoms with E-state index in [1.165, 1.54) is 0 Å². The van der Waals surface area contributed by atoms with Crippen LogP contribution in [0, 0.1) is 0 Å². The molecule has 2 aliphatic heterocycles. The van der Waals surface area contributed by atoms with Gasteiger partial charge in [-0.1, -0.05) is 0 Å². The number of amides is 1. The maximum Gasteiger partial charge on any atom is 0.248 e. The normalized spacial score (nSPS) is 33.2. The monoisotopic (exact) mass is 184 g/mol. The quantitative estimate of drug-likeness (QED) is 0.568. The number of nitrogens with zero attached hydrogens (tertiary/aromatic N) is 1. The van der Waals surface area contributed by atoms with Gasteiger partial charge in [-0.15, -0.1) is 0 Å². The lowest BCUT2D eigenvalue weighted by atomic mass is 10.1. The van der Waals surface area contributed by atoms with Gasteiger partial charge in [0.1, 0.15) is 6.61 Å². The molecule has 2 atom stereocenters. The van der Waals surface area contributed by atoms with E-state index in [1.807, 2.05) is 4.90 Å². The molecule has 0 spiro atoms. The summed E-state index contributed by atoms with van der Waals surface area (Å²) in [5.74, 6) is -0.101. The summed E-state index contributed by atoms with van der Waals surface area (Å²) in [5.41, 5.74) is 0. The predicted molar refractivity (Wildman–Crippen MR) is 48.2 cm³/mol. The van der Waals surface area contributed by atoms with Gasteiger partial charge in [-0.25, -0.2) is 0 Å². The maximum atomic E-state index is 11.4. The first kappa shape index (κ1) is 8.97. The molecule has 74 valence electrons. The zero-order chi connectivity index (χ0) is 9.26. The Balaban J connectivity index is 2.11. The molecule has 2 fully saturated rings. The number of rotatable bonds is 1. The molecule has 0 saturated carbocycles. The van der Waals surface area contributed by atoms with E-state index in [0.29, 0.717) is 12.1 Å². The van der Waals surface area contributed by atoms with Crippen LogP contribution in [0.25, 0.3) is 0 Å². The summed E-state index contributed by atoms with van der Waals surface area (Å²) in [4.78, 5) is 13.3. The standard InChI is InChI=1S/C9H16N2O2/c12-6-9(13)11-7-1-2-8(11)5-10-4-3-7/h7-8,10,12H,1-6H2/t7-,8+/m1/s1. The van der Waals surface area contributed by atoms with Gasteiger partial charge in [0.2, 0.25) is 5.91 Å². The van der Waals surface area contributed by atoms with Crippen LogP contribution in [0.4, 0.5) is 0 Å². The SMILES string of the molecule is O=C(CO)N1[C@H]2CCNC[C@@H]1CC2. The van der Waals surface area contributed by atoms with Crippen LogP contribution in [-0.2, 0) is 4.79 Å². The number of hydrogen-bond acceptors (Lipinski definition) is 3. The highest BCUT2D eigenvalue weighted by Gasteiger charge is 2.37. The van der Waals surface area contributed by atoms with Crippen molar-refractivity contribution in [2.45, 2.75) is 31.3 Å². The fourth-order valence-corrected chi connectivity index (χ4v) is 2.47. The van der Waals surface area contributed by atoms with Gasteiger partial charge in [-0.2, -0.15) is 0 Å². The fourth-order valence-electron chi connectivity index (χ4n) is 2.47. The molecule has 1 amide bonds. The number of hydrogen-bond donors (Lipinski definition) is 2. The molecule has 0 aromatic carbocycles. The molecule has 2 saturated heterocycles. The Morgan fingerprint density at radius 2 is 2.15 bits per heavy atom. The first-order valence-electron chi connectivity index (χ1n) is 4.95. The van der Waals surface area contributed by atoms with Crippen molar-refractivity contribution in [1.29, 1.82) is 0 Å². The Morgan fingerprint density at radius 1 is 1.38 bits per heavy atom. The molecule has 13 heavy (non-hydrogen) atoms. The van der Waals surface area contributed by atoms with Crippen LogP contribution >= 0.6 is 0 Å². The van der Waals surface area contributed by atoms with Crippen LogP contribution in [0.15, 0.2) is 0 Å². The van der Waals surface area contributed by atoms with Gasteiger partial charge >= 0.3 is 0 Å². The van der Waals surface area contributed by atoms with E-state index in [9.17, 15) is 4.79 Å². The van der Waals surface area contributed by atoms with Gasteiger partial charge in [-0.05, 0) is 25.8 Å². The summed E-state index contributed by atoms with van der Waals surface area (Å²) < 4.78 is 0. The first-order chi connectivity index (χ1) is 6.33. The van der Waals surface area contributed by atoms with Crippen molar-refractivity contribution < 1.29 is 9.90 Å². The molecule has 2 rings (SSSR count). The lowest BCUT2D eigenvalue weighted by Crippen LogP contribution is -2.43. The smallest absolute Gasteiger partial charge is 0.248 e. The third kappa shape index (κ3) is 1.56. The number of carbonyl (C=O) groups excluding carboxylic acids is 1. The number of aliphatic hydroxyl groups is 1. The van der Waals surface area contributed by atoms with Crippen molar-refractivity contribution >= 4 is 5.91 Å². The largest absolute Gasteiger partial charge is 0.387 e. The van der Waals surface area contributed by atoms with Crippen LogP contribution in [0.3, 0.4) is 0 Å². The summed E-state index contributed by atoms with van der Waals surface area (Å²) in [5, 5.41) is 12.1. The summed E-state index contributed by atoms with van der Waals surface area (Å²) in [7, 11) is 0. The van der Waals surface area contributed by atoms with Gasteiger partial charge in [0.15, 0.2) is 0 Å². The second kappa shape index (κ2) is 3.64. The van der Waals surface area contributed by atoms with E-state index < -0.39 is 0 Å². The van der Waals surface area contributed by atoms with E-state index >= 15 is 0 Å². The molecule has 4 heteroatoms. The number of aliphatic hydroxyl groups excluding tert-OH is 1. The van der Waals surface area contributed by atoms with Crippen molar-refractivity contribution in [2.75, 3.05) is 19.7 Å². The Bertz CT molecular complexity index is 194. The number of nitrogens with one attached hydrogen (secondary N) is 1. The molecule has 2 N–H and O–H groups in total. The van der Waals surface area contributed by atoms with Crippen molar-refractivity contribution in [1.82, 2.24) is 10.2 Å². The fraction of sp³-hybridized carbons (Fsp3) is 0.889. The zero-order valence-electron chi connectivity index (χ0n) is 7.70. The molecular weight excluding hydrogens is 168 g/mol. The Kier molecular flexibility index (Phi) is 2.51. The second-order valence-corrected chi connectivity index (χ2v) is 3.84. The van der Waals surface area contributed by atoms with Crippen LogP contribution in [0.2, 0.25) is 0 Å². The van der Waals surface area contributed by atoms with Gasteiger partial charge in [0, 0.05) is 18.6 Å². The van der Waals surface area contributed by atoms with Crippen LogP contribution < -0.4 is 5.32 Å². The molecule has 2 aliphatic rings. The van der Waals surface area contributed by atoms with Gasteiger partial charge in [0.05, 0.1) is 0 Å². The lowest BCUT2D eigenvalue weighted by Gasteiger charge is -2.26. The molecule has 0 aromatic rings. The third-order valence-corrected chi connectivity index (χ3v) is 3.08. The summed E-state index contributed by atoms with van der Waals surface area (Å²) >= 11 is 0. The highest BCUT2D eigenvalue weighted by atomic mass is 16.3. The van der Waals surface area contributed by atoms with Crippen molar-refractivity contribution in [3.05, 3.63) is 0 Å². The predicted octanol–water partition coefficient (Wildman–Crippen LogP) is -0.668. The first-order valence-corrected chi connectivity index (χ1v) is 4.95. The number of carbonyl (C=O) groups is 1. The minimum atomic E-state index is -0.340. The van der Waals surface area contributed by atoms with Gasteiger partial charge < -0.3 is 15.3 Å². The van der Waals surface area contributed by atoms with Crippen molar-refractivity contribution in [3.63, 3.8) is 0 Å². The Hall–Kier alpha value is -0.610. The van der Waals surface area contributed by atoms with Crippen LogP contribution in [-0.4, -0.2) is 47.7 Å². The third-order valence-electron chi connectivity index (χ3n) is 3.08. The van der Waals surface area contributed by atoms with E-state index in [2.05, 4.69) is 5.32 Å². The van der Waals surface area contributed by atoms with Crippen LogP contribution in [0.5, 0.6) is 0 Å². The average molecular weight is 184 g/mol. The molecular formula is C9H16N2O2. The van der Waals surface area contributed by atoms with Gasteiger partial charge in [0.25, 0.3) is 0 Å². The summed E-state index contributed by atoms with van der Waals surface area (Å²) in [6.45, 7) is 1.55. The Labute approximate surface area is 77.9 Å². The summed E-state index contributed by atoms with van der Waals surface area (Å²) in [6, 6.07) is 0.701. The molecule has 2 bridgehead atoms. The molecule has 0 aliphatic carbocycles. The zero-order valence-corrected chi connectivity index (χ0v) is 7.70. The minimum absolute atomic E-state index is 0.101. The topological polar surface area (TPSA) is 52.6 Å². The van der Waals surface area contributed by atoms with Crippen molar-refractivity contribution in [3.8, 4) is 0 Å². The highest BCUT2D eigenvalue weighted by Crippen LogP contribution is 2.27. The van der Waals surface area contributed by atoms with Gasteiger partial charge in [-0.3, -0.25) is 4.79 Å². The van der Waals surface area contributed by atoms with E-state index in [-0.39, 0.29) is 12.5 Å². The maximum absolute atomic E-state index is 11.4. The molecule has 2 heterocycles. The average Bonchev–Trinajstić information content (AvgIpc) is 2.38. The molecule has 0 aromatic heterocycles. The molecule has 0 radical (unpaired) electrons. The van der Waals surface area contributed by atoms with Crippen LogP contribution in [0.1, 0.15) is 19.3 Å². The van der Waals surface area contributed by atoms with Crippen molar-refractivity contribution in [2.24, 2.45) is 0 Å².